The SMILES string of the molecule is CCc1noc(-c2ccc(CCNC(=O)[C@@H]3CCC[C@@H]3CN)cc2)n1.Cl. The van der Waals surface area contributed by atoms with Crippen molar-refractivity contribution in [3.63, 3.8) is 0 Å². The fraction of sp³-hybridized carbons (Fsp3) is 0.526. The van der Waals surface area contributed by atoms with Crippen LogP contribution in [0.25, 0.3) is 11.5 Å². The topological polar surface area (TPSA) is 94.0 Å². The molecule has 1 aliphatic carbocycles. The molecule has 3 rings (SSSR count). The molecule has 0 aliphatic heterocycles. The Labute approximate surface area is 160 Å². The molecule has 0 saturated heterocycles. The summed E-state index contributed by atoms with van der Waals surface area (Å²) in [4.78, 5) is 16.6. The minimum absolute atomic E-state index is 0. The highest BCUT2D eigenvalue weighted by molar-refractivity contribution is 5.85. The van der Waals surface area contributed by atoms with Crippen molar-refractivity contribution in [2.75, 3.05) is 13.1 Å². The number of nitrogens with zero attached hydrogens (tertiary/aromatic N) is 2. The molecule has 1 fully saturated rings. The Morgan fingerprint density at radius 2 is 2.08 bits per heavy atom. The molecule has 1 heterocycles. The van der Waals surface area contributed by atoms with E-state index in [4.69, 9.17) is 10.3 Å². The number of aryl methyl sites for hydroxylation is 1. The molecule has 6 nitrogen and oxygen atoms in total. The zero-order valence-corrected chi connectivity index (χ0v) is 15.9. The van der Waals surface area contributed by atoms with Crippen molar-refractivity contribution >= 4 is 18.3 Å². The second-order valence-electron chi connectivity index (χ2n) is 6.64. The largest absolute Gasteiger partial charge is 0.356 e. The van der Waals surface area contributed by atoms with Crippen molar-refractivity contribution in [1.29, 1.82) is 0 Å². The van der Waals surface area contributed by atoms with Crippen LogP contribution < -0.4 is 11.1 Å². The number of nitrogens with two attached hydrogens (primary N) is 1. The van der Waals surface area contributed by atoms with Crippen molar-refractivity contribution in [2.24, 2.45) is 17.6 Å². The molecular formula is C19H27ClN4O2. The van der Waals surface area contributed by atoms with Gasteiger partial charge in [0.05, 0.1) is 0 Å². The Morgan fingerprint density at radius 3 is 2.73 bits per heavy atom. The molecule has 26 heavy (non-hydrogen) atoms. The van der Waals surface area contributed by atoms with Crippen molar-refractivity contribution in [2.45, 2.75) is 39.0 Å². The second kappa shape index (κ2) is 9.69. The Balaban J connectivity index is 0.00000243. The third kappa shape index (κ3) is 4.83. The average Bonchev–Trinajstić information content (AvgIpc) is 3.31. The summed E-state index contributed by atoms with van der Waals surface area (Å²) in [5.74, 6) is 1.86. The fourth-order valence-corrected chi connectivity index (χ4v) is 3.45. The number of aromatic nitrogens is 2. The van der Waals surface area contributed by atoms with E-state index in [1.54, 1.807) is 0 Å². The van der Waals surface area contributed by atoms with E-state index in [9.17, 15) is 4.79 Å². The Bertz CT molecular complexity index is 702. The molecule has 0 spiro atoms. The van der Waals surface area contributed by atoms with Crippen molar-refractivity contribution in [3.8, 4) is 11.5 Å². The van der Waals surface area contributed by atoms with Crippen LogP contribution >= 0.6 is 12.4 Å². The number of hydrogen-bond acceptors (Lipinski definition) is 5. The molecule has 3 N–H and O–H groups in total. The van der Waals surface area contributed by atoms with Gasteiger partial charge in [0.1, 0.15) is 0 Å². The van der Waals surface area contributed by atoms with Gasteiger partial charge in [-0.05, 0) is 49.4 Å². The number of amides is 1. The Hall–Kier alpha value is -1.92. The van der Waals surface area contributed by atoms with Crippen LogP contribution in [0.15, 0.2) is 28.8 Å². The van der Waals surface area contributed by atoms with Gasteiger partial charge in [0, 0.05) is 24.4 Å². The molecule has 7 heteroatoms. The van der Waals surface area contributed by atoms with Gasteiger partial charge in [0.25, 0.3) is 5.89 Å². The van der Waals surface area contributed by atoms with Gasteiger partial charge < -0.3 is 15.6 Å². The maximum atomic E-state index is 12.3. The lowest BCUT2D eigenvalue weighted by molar-refractivity contribution is -0.125. The van der Waals surface area contributed by atoms with Crippen molar-refractivity contribution in [3.05, 3.63) is 35.7 Å². The Morgan fingerprint density at radius 1 is 1.31 bits per heavy atom. The zero-order chi connectivity index (χ0) is 17.6. The summed E-state index contributed by atoms with van der Waals surface area (Å²) < 4.78 is 5.24. The highest BCUT2D eigenvalue weighted by Gasteiger charge is 2.31. The van der Waals surface area contributed by atoms with E-state index >= 15 is 0 Å². The maximum Gasteiger partial charge on any atom is 0.257 e. The van der Waals surface area contributed by atoms with E-state index in [2.05, 4.69) is 15.5 Å². The van der Waals surface area contributed by atoms with Crippen LogP contribution in [0.1, 0.15) is 37.6 Å². The lowest BCUT2D eigenvalue weighted by Crippen LogP contribution is -2.36. The number of rotatable bonds is 7. The lowest BCUT2D eigenvalue weighted by atomic mass is 9.95. The smallest absolute Gasteiger partial charge is 0.257 e. The van der Waals surface area contributed by atoms with E-state index in [-0.39, 0.29) is 24.2 Å². The van der Waals surface area contributed by atoms with Gasteiger partial charge in [-0.15, -0.1) is 12.4 Å². The van der Waals surface area contributed by atoms with E-state index in [0.29, 0.717) is 30.7 Å². The number of halogens is 1. The molecule has 1 aliphatic rings. The first kappa shape index (κ1) is 20.4. The van der Waals surface area contributed by atoms with Crippen molar-refractivity contribution in [1.82, 2.24) is 15.5 Å². The monoisotopic (exact) mass is 378 g/mol. The van der Waals surface area contributed by atoms with Crippen molar-refractivity contribution < 1.29 is 9.32 Å². The summed E-state index contributed by atoms with van der Waals surface area (Å²) in [6.07, 6.45) is 4.71. The van der Waals surface area contributed by atoms with Gasteiger partial charge in [-0.25, -0.2) is 0 Å². The van der Waals surface area contributed by atoms with Crippen LogP contribution in [0.4, 0.5) is 0 Å². The van der Waals surface area contributed by atoms with Gasteiger partial charge in [-0.3, -0.25) is 4.79 Å². The number of nitrogens with one attached hydrogen (secondary N) is 1. The second-order valence-corrected chi connectivity index (χ2v) is 6.64. The minimum Gasteiger partial charge on any atom is -0.356 e. The van der Waals surface area contributed by atoms with Gasteiger partial charge in [-0.2, -0.15) is 4.98 Å². The molecule has 1 aromatic heterocycles. The van der Waals surface area contributed by atoms with Gasteiger partial charge in [0.2, 0.25) is 5.91 Å². The number of benzene rings is 1. The summed E-state index contributed by atoms with van der Waals surface area (Å²) in [7, 11) is 0. The molecule has 1 aromatic carbocycles. The van der Waals surface area contributed by atoms with Crippen LogP contribution in [-0.4, -0.2) is 29.1 Å². The zero-order valence-electron chi connectivity index (χ0n) is 15.1. The summed E-state index contributed by atoms with van der Waals surface area (Å²) >= 11 is 0. The molecule has 0 unspecified atom stereocenters. The summed E-state index contributed by atoms with van der Waals surface area (Å²) in [6.45, 7) is 3.24. The van der Waals surface area contributed by atoms with E-state index in [0.717, 1.165) is 37.7 Å². The molecule has 0 radical (unpaired) electrons. The summed E-state index contributed by atoms with van der Waals surface area (Å²) in [6, 6.07) is 8.03. The molecule has 2 atom stereocenters. The van der Waals surface area contributed by atoms with E-state index in [1.165, 1.54) is 5.56 Å². The quantitative estimate of drug-likeness (QED) is 0.772. The summed E-state index contributed by atoms with van der Waals surface area (Å²) in [5.41, 5.74) is 7.84. The highest BCUT2D eigenvalue weighted by atomic mass is 35.5. The predicted molar refractivity (Wildman–Crippen MR) is 103 cm³/mol. The van der Waals surface area contributed by atoms with Crippen LogP contribution in [0, 0.1) is 11.8 Å². The van der Waals surface area contributed by atoms with E-state index < -0.39 is 0 Å². The molecule has 1 saturated carbocycles. The van der Waals surface area contributed by atoms with Crippen LogP contribution in [0.5, 0.6) is 0 Å². The normalized spacial score (nSPS) is 19.2. The molecule has 0 bridgehead atoms. The minimum atomic E-state index is 0. The molecule has 142 valence electrons. The Kier molecular flexibility index (Phi) is 7.60. The predicted octanol–water partition coefficient (Wildman–Crippen LogP) is 2.75. The first-order chi connectivity index (χ1) is 12.2. The number of carbonyl (C=O) groups is 1. The number of carbonyl (C=O) groups excluding carboxylic acids is 1. The van der Waals surface area contributed by atoms with E-state index in [1.807, 2.05) is 31.2 Å². The molecule has 2 aromatic rings. The third-order valence-electron chi connectivity index (χ3n) is 5.00. The van der Waals surface area contributed by atoms with Crippen LogP contribution in [-0.2, 0) is 17.6 Å². The lowest BCUT2D eigenvalue weighted by Gasteiger charge is -2.17. The standard InChI is InChI=1S/C19H26N4O2.ClH/c1-2-17-22-19(25-23-17)14-8-6-13(7-9-14)10-11-21-18(24)16-5-3-4-15(16)12-20;/h6-9,15-16H,2-5,10-12,20H2,1H3,(H,21,24);1H/t15-,16-;/m1./s1. The highest BCUT2D eigenvalue weighted by Crippen LogP contribution is 2.30. The van der Waals surface area contributed by atoms with Gasteiger partial charge in [0.15, 0.2) is 5.82 Å². The maximum absolute atomic E-state index is 12.3. The third-order valence-corrected chi connectivity index (χ3v) is 5.00. The molecular weight excluding hydrogens is 352 g/mol. The average molecular weight is 379 g/mol. The number of hydrogen-bond donors (Lipinski definition) is 2. The molecule has 1 amide bonds. The van der Waals surface area contributed by atoms with Crippen LogP contribution in [0.2, 0.25) is 0 Å². The van der Waals surface area contributed by atoms with Gasteiger partial charge >= 0.3 is 0 Å². The fourth-order valence-electron chi connectivity index (χ4n) is 3.45. The van der Waals surface area contributed by atoms with Gasteiger partial charge in [-0.1, -0.05) is 30.6 Å². The first-order valence-corrected chi connectivity index (χ1v) is 9.11. The van der Waals surface area contributed by atoms with Crippen LogP contribution in [0.3, 0.4) is 0 Å². The summed E-state index contributed by atoms with van der Waals surface area (Å²) in [5, 5.41) is 6.97. The first-order valence-electron chi connectivity index (χ1n) is 9.11.